The van der Waals surface area contributed by atoms with Gasteiger partial charge in [-0.25, -0.2) is 9.97 Å². The van der Waals surface area contributed by atoms with Crippen LogP contribution in [0.4, 0.5) is 4.39 Å². The van der Waals surface area contributed by atoms with Gasteiger partial charge in [-0.2, -0.15) is 4.39 Å². The van der Waals surface area contributed by atoms with E-state index in [9.17, 15) is 4.39 Å². The van der Waals surface area contributed by atoms with Gasteiger partial charge in [-0.05, 0) is 14.1 Å². The molecule has 1 rings (SSSR count). The summed E-state index contributed by atoms with van der Waals surface area (Å²) in [6.45, 7) is 1.26. The van der Waals surface area contributed by atoms with Crippen molar-refractivity contribution >= 4 is 0 Å². The second-order valence-corrected chi connectivity index (χ2v) is 2.83. The topological polar surface area (TPSA) is 38.2 Å². The van der Waals surface area contributed by atoms with Crippen LogP contribution >= 0.6 is 0 Å². The molecule has 0 saturated carbocycles. The lowest BCUT2D eigenvalue weighted by molar-refractivity contribution is 0.252. The van der Waals surface area contributed by atoms with Gasteiger partial charge in [0.2, 0.25) is 11.8 Å². The number of rotatable bonds is 4. The summed E-state index contributed by atoms with van der Waals surface area (Å²) in [4.78, 5) is 9.03. The maximum Gasteiger partial charge on any atom is 0.219 e. The molecule has 0 aliphatic rings. The normalized spacial score (nSPS) is 10.5. The van der Waals surface area contributed by atoms with Gasteiger partial charge < -0.3 is 9.64 Å². The van der Waals surface area contributed by atoms with E-state index in [2.05, 4.69) is 9.97 Å². The highest BCUT2D eigenvalue weighted by atomic mass is 19.1. The van der Waals surface area contributed by atoms with Gasteiger partial charge in [0.05, 0.1) is 6.07 Å². The summed E-state index contributed by atoms with van der Waals surface area (Å²) < 4.78 is 17.7. The Morgan fingerprint density at radius 1 is 1.46 bits per heavy atom. The maximum atomic E-state index is 12.5. The molecule has 1 aromatic heterocycles. The summed E-state index contributed by atoms with van der Waals surface area (Å²) in [5.41, 5.74) is 0. The highest BCUT2D eigenvalue weighted by Crippen LogP contribution is 2.04. The Morgan fingerprint density at radius 3 is 2.85 bits per heavy atom. The third kappa shape index (κ3) is 3.80. The van der Waals surface area contributed by atoms with E-state index >= 15 is 0 Å². The van der Waals surface area contributed by atoms with Gasteiger partial charge in [-0.1, -0.05) is 0 Å². The second-order valence-electron chi connectivity index (χ2n) is 2.83. The summed E-state index contributed by atoms with van der Waals surface area (Å²) in [6.07, 6.45) is 1.14. The van der Waals surface area contributed by atoms with Crippen molar-refractivity contribution in [1.29, 1.82) is 0 Å². The van der Waals surface area contributed by atoms with Crippen molar-refractivity contribution in [3.63, 3.8) is 0 Å². The van der Waals surface area contributed by atoms with Crippen LogP contribution in [0.15, 0.2) is 12.4 Å². The van der Waals surface area contributed by atoms with E-state index < -0.39 is 5.95 Å². The van der Waals surface area contributed by atoms with Gasteiger partial charge >= 0.3 is 0 Å². The number of likely N-dealkylation sites (N-methyl/N-ethyl adjacent to an activating group) is 1. The minimum Gasteiger partial charge on any atom is -0.476 e. The van der Waals surface area contributed by atoms with E-state index in [0.717, 1.165) is 18.9 Å². The first-order valence-electron chi connectivity index (χ1n) is 3.93. The molecular weight excluding hydrogens is 173 g/mol. The molecule has 0 aromatic carbocycles. The molecule has 1 aromatic rings. The Bertz CT molecular complexity index is 267. The number of nitrogens with zero attached hydrogens (tertiary/aromatic N) is 3. The van der Waals surface area contributed by atoms with E-state index in [1.807, 2.05) is 19.0 Å². The Balaban J connectivity index is 2.37. The van der Waals surface area contributed by atoms with Gasteiger partial charge in [0, 0.05) is 6.54 Å². The lowest BCUT2D eigenvalue weighted by Gasteiger charge is -2.09. The molecule has 0 unspecified atom stereocenters. The SMILES string of the molecule is CN(C)CCOc1cc(F)ncn1. The van der Waals surface area contributed by atoms with E-state index in [-0.39, 0.29) is 5.88 Å². The van der Waals surface area contributed by atoms with Crippen LogP contribution in [0.3, 0.4) is 0 Å². The first-order chi connectivity index (χ1) is 6.18. The molecule has 0 fully saturated rings. The van der Waals surface area contributed by atoms with Crippen LogP contribution in [0.2, 0.25) is 0 Å². The van der Waals surface area contributed by atoms with Gasteiger partial charge in [-0.3, -0.25) is 0 Å². The molecule has 0 bridgehead atoms. The lowest BCUT2D eigenvalue weighted by atomic mass is 10.6. The molecule has 5 heteroatoms. The summed E-state index contributed by atoms with van der Waals surface area (Å²) in [5, 5.41) is 0. The fourth-order valence-electron chi connectivity index (χ4n) is 0.729. The summed E-state index contributed by atoms with van der Waals surface area (Å²) in [5.74, 6) is -0.302. The highest BCUT2D eigenvalue weighted by molar-refractivity contribution is 5.05. The predicted octanol–water partition coefficient (Wildman–Crippen LogP) is 0.556. The van der Waals surface area contributed by atoms with Crippen LogP contribution < -0.4 is 4.74 Å². The van der Waals surface area contributed by atoms with Gasteiger partial charge in [0.1, 0.15) is 12.9 Å². The summed E-state index contributed by atoms with van der Waals surface area (Å²) in [7, 11) is 3.87. The Morgan fingerprint density at radius 2 is 2.23 bits per heavy atom. The molecule has 0 aliphatic heterocycles. The first kappa shape index (κ1) is 9.85. The number of halogens is 1. The number of hydrogen-bond donors (Lipinski definition) is 0. The molecule has 13 heavy (non-hydrogen) atoms. The minimum atomic E-state index is -0.574. The number of aromatic nitrogens is 2. The van der Waals surface area contributed by atoms with E-state index in [0.29, 0.717) is 6.61 Å². The Labute approximate surface area is 76.4 Å². The van der Waals surface area contributed by atoms with E-state index in [1.165, 1.54) is 0 Å². The van der Waals surface area contributed by atoms with Crippen molar-refractivity contribution in [3.05, 3.63) is 18.3 Å². The van der Waals surface area contributed by atoms with Crippen molar-refractivity contribution in [2.75, 3.05) is 27.2 Å². The molecule has 0 N–H and O–H groups in total. The largest absolute Gasteiger partial charge is 0.476 e. The molecule has 0 spiro atoms. The summed E-state index contributed by atoms with van der Waals surface area (Å²) in [6, 6.07) is 1.16. The van der Waals surface area contributed by atoms with Crippen molar-refractivity contribution in [2.45, 2.75) is 0 Å². The zero-order valence-electron chi connectivity index (χ0n) is 7.70. The fourth-order valence-corrected chi connectivity index (χ4v) is 0.729. The molecule has 0 atom stereocenters. The van der Waals surface area contributed by atoms with Gasteiger partial charge in [0.15, 0.2) is 0 Å². The average Bonchev–Trinajstić information content (AvgIpc) is 2.03. The molecule has 0 amide bonds. The molecule has 0 saturated heterocycles. The average molecular weight is 185 g/mol. The summed E-state index contributed by atoms with van der Waals surface area (Å²) >= 11 is 0. The quantitative estimate of drug-likeness (QED) is 0.642. The lowest BCUT2D eigenvalue weighted by Crippen LogP contribution is -2.19. The number of hydrogen-bond acceptors (Lipinski definition) is 4. The highest BCUT2D eigenvalue weighted by Gasteiger charge is 1.98. The third-order valence-electron chi connectivity index (χ3n) is 1.40. The molecule has 1 heterocycles. The third-order valence-corrected chi connectivity index (χ3v) is 1.40. The van der Waals surface area contributed by atoms with Crippen molar-refractivity contribution in [3.8, 4) is 5.88 Å². The Kier molecular flexibility index (Phi) is 3.57. The molecule has 0 radical (unpaired) electrons. The standard InChI is InChI=1S/C8H12FN3O/c1-12(2)3-4-13-8-5-7(9)10-6-11-8/h5-6H,3-4H2,1-2H3. The van der Waals surface area contributed by atoms with Crippen LogP contribution in [-0.2, 0) is 0 Å². The smallest absolute Gasteiger partial charge is 0.219 e. The van der Waals surface area contributed by atoms with Crippen LogP contribution in [-0.4, -0.2) is 42.1 Å². The molecule has 0 aliphatic carbocycles. The van der Waals surface area contributed by atoms with Crippen LogP contribution in [0.1, 0.15) is 0 Å². The Hall–Kier alpha value is -1.23. The molecule has 72 valence electrons. The zero-order chi connectivity index (χ0) is 9.68. The number of ether oxygens (including phenoxy) is 1. The van der Waals surface area contributed by atoms with Crippen molar-refractivity contribution < 1.29 is 9.13 Å². The van der Waals surface area contributed by atoms with E-state index in [1.54, 1.807) is 0 Å². The van der Waals surface area contributed by atoms with Crippen LogP contribution in [0.25, 0.3) is 0 Å². The fraction of sp³-hybridized carbons (Fsp3) is 0.500. The van der Waals surface area contributed by atoms with Crippen LogP contribution in [0.5, 0.6) is 5.88 Å². The van der Waals surface area contributed by atoms with Crippen LogP contribution in [0, 0.1) is 5.95 Å². The van der Waals surface area contributed by atoms with Crippen molar-refractivity contribution in [1.82, 2.24) is 14.9 Å². The zero-order valence-corrected chi connectivity index (χ0v) is 7.70. The predicted molar refractivity (Wildman–Crippen MR) is 46.0 cm³/mol. The monoisotopic (exact) mass is 185 g/mol. The van der Waals surface area contributed by atoms with Gasteiger partial charge in [0.25, 0.3) is 0 Å². The maximum absolute atomic E-state index is 12.5. The first-order valence-corrected chi connectivity index (χ1v) is 3.93. The second kappa shape index (κ2) is 4.71. The molecule has 4 nitrogen and oxygen atoms in total. The van der Waals surface area contributed by atoms with E-state index in [4.69, 9.17) is 4.74 Å². The van der Waals surface area contributed by atoms with Crippen molar-refractivity contribution in [2.24, 2.45) is 0 Å². The van der Waals surface area contributed by atoms with Gasteiger partial charge in [-0.15, -0.1) is 0 Å². The minimum absolute atomic E-state index is 0.273. The molecular formula is C8H12FN3O.